The molecule has 0 aromatic carbocycles. The smallest absolute Gasteiger partial charge is 0.322 e. The maximum absolute atomic E-state index is 11.7. The molecule has 1 atom stereocenters. The zero-order valence-electron chi connectivity index (χ0n) is 9.88. The number of sulfone groups is 1. The Morgan fingerprint density at radius 3 is 2.61 bits per heavy atom. The van der Waals surface area contributed by atoms with E-state index in [-0.39, 0.29) is 17.5 Å². The highest BCUT2D eigenvalue weighted by molar-refractivity contribution is 7.91. The molecular weight excluding hydrogens is 256 g/mol. The van der Waals surface area contributed by atoms with E-state index in [1.165, 1.54) is 12.4 Å². The predicted molar refractivity (Wildman–Crippen MR) is 65.9 cm³/mol. The number of urea groups is 1. The molecule has 1 aliphatic rings. The number of hydrogen-bond donors (Lipinski definition) is 2. The molecule has 0 aliphatic carbocycles. The molecule has 0 unspecified atom stereocenters. The van der Waals surface area contributed by atoms with E-state index in [2.05, 4.69) is 20.6 Å². The molecule has 0 bridgehead atoms. The van der Waals surface area contributed by atoms with Gasteiger partial charge in [-0.2, -0.15) is 0 Å². The fourth-order valence-corrected chi connectivity index (χ4v) is 3.97. The molecule has 1 fully saturated rings. The number of carbonyl (C=O) groups excluding carboxylic acids is 1. The quantitative estimate of drug-likeness (QED) is 0.798. The number of aromatic nitrogens is 2. The zero-order valence-corrected chi connectivity index (χ0v) is 10.7. The second-order valence-corrected chi connectivity index (χ2v) is 6.74. The van der Waals surface area contributed by atoms with E-state index in [1.54, 1.807) is 13.0 Å². The normalized spacial score (nSPS) is 25.6. The van der Waals surface area contributed by atoms with Gasteiger partial charge in [0.1, 0.15) is 0 Å². The molecule has 2 N–H and O–H groups in total. The molecule has 1 aromatic heterocycles. The van der Waals surface area contributed by atoms with Crippen molar-refractivity contribution in [3.05, 3.63) is 18.5 Å². The summed E-state index contributed by atoms with van der Waals surface area (Å²) in [6.07, 6.45) is 3.42. The number of nitrogens with one attached hydrogen (secondary N) is 2. The van der Waals surface area contributed by atoms with Crippen molar-refractivity contribution in [2.75, 3.05) is 16.8 Å². The summed E-state index contributed by atoms with van der Waals surface area (Å²) in [6, 6.07) is 1.13. The number of carbonyl (C=O) groups is 1. The highest BCUT2D eigenvalue weighted by Gasteiger charge is 2.39. The highest BCUT2D eigenvalue weighted by Crippen LogP contribution is 2.22. The maximum Gasteiger partial charge on any atom is 0.322 e. The molecule has 18 heavy (non-hydrogen) atoms. The van der Waals surface area contributed by atoms with Crippen molar-refractivity contribution < 1.29 is 13.2 Å². The predicted octanol–water partition coefficient (Wildman–Crippen LogP) is 0.175. The standard InChI is InChI=1S/C10H14N4O3S/c1-10(3-6-18(16,17)7-10)14-9(15)13-8-11-4-2-5-12-8/h2,4-5H,3,6-7H2,1H3,(H2,11,12,13,14,15)/t10-/m1/s1. The number of amides is 2. The Bertz CT molecular complexity index is 546. The highest BCUT2D eigenvalue weighted by atomic mass is 32.2. The van der Waals surface area contributed by atoms with Crippen LogP contribution in [0.15, 0.2) is 18.5 Å². The number of hydrogen-bond acceptors (Lipinski definition) is 5. The zero-order chi connectivity index (χ0) is 13.2. The Hall–Kier alpha value is -1.70. The van der Waals surface area contributed by atoms with Crippen molar-refractivity contribution in [1.29, 1.82) is 0 Å². The largest absolute Gasteiger partial charge is 0.332 e. The van der Waals surface area contributed by atoms with Gasteiger partial charge in [-0.25, -0.2) is 23.2 Å². The minimum Gasteiger partial charge on any atom is -0.332 e. The van der Waals surface area contributed by atoms with Crippen LogP contribution in [0.4, 0.5) is 10.7 Å². The first-order valence-corrected chi connectivity index (χ1v) is 7.27. The Balaban J connectivity index is 1.96. The molecule has 8 heteroatoms. The van der Waals surface area contributed by atoms with Gasteiger partial charge in [-0.05, 0) is 19.4 Å². The first kappa shape index (κ1) is 12.7. The Labute approximate surface area is 105 Å². The molecule has 2 heterocycles. The summed E-state index contributed by atoms with van der Waals surface area (Å²) in [5.41, 5.74) is -0.725. The van der Waals surface area contributed by atoms with Gasteiger partial charge in [-0.3, -0.25) is 5.32 Å². The van der Waals surface area contributed by atoms with Crippen molar-refractivity contribution >= 4 is 21.8 Å². The van der Waals surface area contributed by atoms with E-state index in [4.69, 9.17) is 0 Å². The van der Waals surface area contributed by atoms with Gasteiger partial charge in [0.15, 0.2) is 9.84 Å². The monoisotopic (exact) mass is 270 g/mol. The summed E-state index contributed by atoms with van der Waals surface area (Å²) in [7, 11) is -3.05. The van der Waals surface area contributed by atoms with Crippen LogP contribution in [-0.4, -0.2) is 41.5 Å². The van der Waals surface area contributed by atoms with Crippen LogP contribution >= 0.6 is 0 Å². The SMILES string of the molecule is C[C@@]1(NC(=O)Nc2ncccn2)CCS(=O)(=O)C1. The van der Waals surface area contributed by atoms with Crippen molar-refractivity contribution in [3.63, 3.8) is 0 Å². The van der Waals surface area contributed by atoms with Crippen LogP contribution in [0.1, 0.15) is 13.3 Å². The Kier molecular flexibility index (Phi) is 3.20. The summed E-state index contributed by atoms with van der Waals surface area (Å²) < 4.78 is 22.8. The van der Waals surface area contributed by atoms with E-state index >= 15 is 0 Å². The van der Waals surface area contributed by atoms with Gasteiger partial charge in [0, 0.05) is 12.4 Å². The molecule has 7 nitrogen and oxygen atoms in total. The molecule has 1 aliphatic heterocycles. The average Bonchev–Trinajstić information content (AvgIpc) is 2.53. The lowest BCUT2D eigenvalue weighted by molar-refractivity contribution is 0.242. The molecule has 1 saturated heterocycles. The van der Waals surface area contributed by atoms with E-state index in [9.17, 15) is 13.2 Å². The maximum atomic E-state index is 11.7. The Morgan fingerprint density at radius 2 is 2.06 bits per heavy atom. The van der Waals surface area contributed by atoms with Gasteiger partial charge in [-0.15, -0.1) is 0 Å². The summed E-state index contributed by atoms with van der Waals surface area (Å²) >= 11 is 0. The van der Waals surface area contributed by atoms with Gasteiger partial charge in [0.25, 0.3) is 0 Å². The van der Waals surface area contributed by atoms with E-state index in [0.717, 1.165) is 0 Å². The van der Waals surface area contributed by atoms with Crippen molar-refractivity contribution in [3.8, 4) is 0 Å². The summed E-state index contributed by atoms with van der Waals surface area (Å²) in [5.74, 6) is 0.244. The van der Waals surface area contributed by atoms with Crippen molar-refractivity contribution in [1.82, 2.24) is 15.3 Å². The topological polar surface area (TPSA) is 101 Å². The molecular formula is C10H14N4O3S. The average molecular weight is 270 g/mol. The van der Waals surface area contributed by atoms with Crippen LogP contribution in [0.2, 0.25) is 0 Å². The van der Waals surface area contributed by atoms with Crippen LogP contribution in [0.5, 0.6) is 0 Å². The first-order valence-electron chi connectivity index (χ1n) is 5.45. The van der Waals surface area contributed by atoms with Gasteiger partial charge in [0.2, 0.25) is 5.95 Å². The first-order chi connectivity index (χ1) is 8.39. The number of rotatable bonds is 2. The number of nitrogens with zero attached hydrogens (tertiary/aromatic N) is 2. The third kappa shape index (κ3) is 3.16. The lowest BCUT2D eigenvalue weighted by atomic mass is 10.0. The lowest BCUT2D eigenvalue weighted by Gasteiger charge is -2.23. The van der Waals surface area contributed by atoms with Crippen LogP contribution in [0.25, 0.3) is 0 Å². The minimum absolute atomic E-state index is 0.0386. The van der Waals surface area contributed by atoms with E-state index in [1.807, 2.05) is 0 Å². The van der Waals surface area contributed by atoms with Gasteiger partial charge < -0.3 is 5.32 Å². The molecule has 2 rings (SSSR count). The third-order valence-electron chi connectivity index (χ3n) is 2.71. The van der Waals surface area contributed by atoms with Crippen LogP contribution < -0.4 is 10.6 Å². The fourth-order valence-electron chi connectivity index (χ4n) is 1.88. The van der Waals surface area contributed by atoms with Crippen LogP contribution in [-0.2, 0) is 9.84 Å². The number of anilines is 1. The second-order valence-electron chi connectivity index (χ2n) is 4.55. The minimum atomic E-state index is -3.05. The van der Waals surface area contributed by atoms with E-state index < -0.39 is 21.4 Å². The molecule has 0 radical (unpaired) electrons. The lowest BCUT2D eigenvalue weighted by Crippen LogP contribution is -2.48. The third-order valence-corrected chi connectivity index (χ3v) is 4.61. The molecule has 0 saturated carbocycles. The van der Waals surface area contributed by atoms with E-state index in [0.29, 0.717) is 6.42 Å². The molecule has 98 valence electrons. The summed E-state index contributed by atoms with van der Waals surface area (Å²) in [6.45, 7) is 1.71. The van der Waals surface area contributed by atoms with Crippen molar-refractivity contribution in [2.45, 2.75) is 18.9 Å². The van der Waals surface area contributed by atoms with Crippen molar-refractivity contribution in [2.24, 2.45) is 0 Å². The Morgan fingerprint density at radius 1 is 1.39 bits per heavy atom. The molecule has 0 spiro atoms. The van der Waals surface area contributed by atoms with Gasteiger partial charge in [-0.1, -0.05) is 0 Å². The summed E-state index contributed by atoms with van der Waals surface area (Å²) in [4.78, 5) is 19.4. The van der Waals surface area contributed by atoms with Crippen LogP contribution in [0.3, 0.4) is 0 Å². The summed E-state index contributed by atoms with van der Waals surface area (Å²) in [5, 5.41) is 5.10. The fraction of sp³-hybridized carbons (Fsp3) is 0.500. The van der Waals surface area contributed by atoms with Crippen LogP contribution in [0, 0.1) is 0 Å². The molecule has 1 aromatic rings. The molecule has 2 amide bonds. The second kappa shape index (κ2) is 4.52. The van der Waals surface area contributed by atoms with Gasteiger partial charge in [0.05, 0.1) is 17.0 Å². The van der Waals surface area contributed by atoms with Gasteiger partial charge >= 0.3 is 6.03 Å².